The summed E-state index contributed by atoms with van der Waals surface area (Å²) in [6.45, 7) is 8.00. The van der Waals surface area contributed by atoms with Crippen LogP contribution in [0.4, 0.5) is 0 Å². The van der Waals surface area contributed by atoms with Crippen LogP contribution in [0.5, 0.6) is 0 Å². The van der Waals surface area contributed by atoms with Gasteiger partial charge in [0.1, 0.15) is 0 Å². The van der Waals surface area contributed by atoms with Gasteiger partial charge < -0.3 is 9.88 Å². The summed E-state index contributed by atoms with van der Waals surface area (Å²) in [6.07, 6.45) is 5.60. The predicted octanol–water partition coefficient (Wildman–Crippen LogP) is 1.99. The first kappa shape index (κ1) is 11.8. The van der Waals surface area contributed by atoms with Crippen LogP contribution in [0.1, 0.15) is 23.9 Å². The maximum atomic E-state index is 4.30. The molecule has 0 unspecified atom stereocenters. The van der Waals surface area contributed by atoms with E-state index in [1.54, 1.807) is 0 Å². The van der Waals surface area contributed by atoms with Gasteiger partial charge in [0.25, 0.3) is 0 Å². The number of aromatic nitrogens is 3. The van der Waals surface area contributed by atoms with Crippen LogP contribution in [-0.4, -0.2) is 21.1 Å². The van der Waals surface area contributed by atoms with Crippen molar-refractivity contribution in [3.63, 3.8) is 0 Å². The molecule has 0 aromatic carbocycles. The van der Waals surface area contributed by atoms with E-state index in [4.69, 9.17) is 0 Å². The highest BCUT2D eigenvalue weighted by atomic mass is 15.1. The normalized spacial score (nSPS) is 10.8. The zero-order valence-electron chi connectivity index (χ0n) is 10.6. The van der Waals surface area contributed by atoms with Crippen molar-refractivity contribution < 1.29 is 0 Å². The molecule has 2 aromatic rings. The molecule has 0 saturated carbocycles. The summed E-state index contributed by atoms with van der Waals surface area (Å²) in [5, 5.41) is 3.30. The van der Waals surface area contributed by atoms with Crippen molar-refractivity contribution in [3.8, 4) is 5.69 Å². The Morgan fingerprint density at radius 3 is 2.76 bits per heavy atom. The van der Waals surface area contributed by atoms with Gasteiger partial charge in [-0.05, 0) is 32.0 Å². The van der Waals surface area contributed by atoms with Crippen LogP contribution in [0.2, 0.25) is 0 Å². The van der Waals surface area contributed by atoms with Crippen LogP contribution >= 0.6 is 0 Å². The zero-order valence-corrected chi connectivity index (χ0v) is 10.6. The molecule has 4 nitrogen and oxygen atoms in total. The van der Waals surface area contributed by atoms with E-state index in [1.165, 1.54) is 5.56 Å². The lowest BCUT2D eigenvalue weighted by molar-refractivity contribution is 0.723. The fraction of sp³-hybridized carbons (Fsp3) is 0.385. The molecule has 4 heteroatoms. The van der Waals surface area contributed by atoms with Gasteiger partial charge in [-0.1, -0.05) is 6.92 Å². The fourth-order valence-electron chi connectivity index (χ4n) is 1.73. The van der Waals surface area contributed by atoms with Crippen LogP contribution in [0.25, 0.3) is 5.69 Å². The average molecular weight is 230 g/mol. The summed E-state index contributed by atoms with van der Waals surface area (Å²) < 4.78 is 2.07. The van der Waals surface area contributed by atoms with Gasteiger partial charge in [-0.15, -0.1) is 0 Å². The molecule has 0 spiro atoms. The van der Waals surface area contributed by atoms with Crippen LogP contribution in [0, 0.1) is 13.8 Å². The minimum atomic E-state index is 0.851. The van der Waals surface area contributed by atoms with Crippen molar-refractivity contribution in [1.82, 2.24) is 19.9 Å². The van der Waals surface area contributed by atoms with Crippen LogP contribution in [-0.2, 0) is 6.54 Å². The van der Waals surface area contributed by atoms with E-state index >= 15 is 0 Å². The largest absolute Gasteiger partial charge is 0.313 e. The summed E-state index contributed by atoms with van der Waals surface area (Å²) in [4.78, 5) is 8.58. The zero-order chi connectivity index (χ0) is 12.3. The third kappa shape index (κ3) is 2.53. The second-order valence-electron chi connectivity index (χ2n) is 4.12. The van der Waals surface area contributed by atoms with Crippen LogP contribution < -0.4 is 5.32 Å². The Hall–Kier alpha value is -1.68. The number of pyridine rings is 1. The van der Waals surface area contributed by atoms with Gasteiger partial charge in [0.2, 0.25) is 0 Å². The van der Waals surface area contributed by atoms with Gasteiger partial charge in [0.05, 0.1) is 23.9 Å². The Labute approximate surface area is 102 Å². The molecular weight excluding hydrogens is 212 g/mol. The van der Waals surface area contributed by atoms with E-state index in [-0.39, 0.29) is 0 Å². The summed E-state index contributed by atoms with van der Waals surface area (Å²) in [5.41, 5.74) is 4.48. The lowest BCUT2D eigenvalue weighted by Crippen LogP contribution is -2.12. The molecule has 2 aromatic heterocycles. The fourth-order valence-corrected chi connectivity index (χ4v) is 1.73. The highest BCUT2D eigenvalue weighted by Crippen LogP contribution is 2.13. The number of hydrogen-bond donors (Lipinski definition) is 1. The molecule has 17 heavy (non-hydrogen) atoms. The summed E-state index contributed by atoms with van der Waals surface area (Å²) in [5.74, 6) is 0. The Morgan fingerprint density at radius 1 is 1.29 bits per heavy atom. The molecule has 0 bridgehead atoms. The molecule has 2 heterocycles. The quantitative estimate of drug-likeness (QED) is 0.873. The molecule has 0 atom stereocenters. The Morgan fingerprint density at radius 2 is 2.12 bits per heavy atom. The molecule has 2 rings (SSSR count). The van der Waals surface area contributed by atoms with Gasteiger partial charge in [-0.2, -0.15) is 0 Å². The van der Waals surface area contributed by atoms with E-state index in [1.807, 2.05) is 25.6 Å². The summed E-state index contributed by atoms with van der Waals surface area (Å²) >= 11 is 0. The van der Waals surface area contributed by atoms with Gasteiger partial charge >= 0.3 is 0 Å². The van der Waals surface area contributed by atoms with Crippen molar-refractivity contribution >= 4 is 0 Å². The van der Waals surface area contributed by atoms with Crippen molar-refractivity contribution in [2.75, 3.05) is 6.54 Å². The topological polar surface area (TPSA) is 42.7 Å². The number of rotatable bonds is 4. The van der Waals surface area contributed by atoms with Gasteiger partial charge in [-0.25, -0.2) is 4.98 Å². The number of nitrogens with one attached hydrogen (secondary N) is 1. The lowest BCUT2D eigenvalue weighted by Gasteiger charge is -2.07. The molecular formula is C13H18N4. The molecule has 0 aliphatic heterocycles. The van der Waals surface area contributed by atoms with Crippen molar-refractivity contribution in [2.24, 2.45) is 0 Å². The minimum absolute atomic E-state index is 0.851. The van der Waals surface area contributed by atoms with Crippen LogP contribution in [0.15, 0.2) is 24.8 Å². The van der Waals surface area contributed by atoms with Gasteiger partial charge in [0.15, 0.2) is 0 Å². The van der Waals surface area contributed by atoms with Crippen molar-refractivity contribution in [2.45, 2.75) is 27.3 Å². The third-order valence-corrected chi connectivity index (χ3v) is 2.89. The number of hydrogen-bond acceptors (Lipinski definition) is 3. The monoisotopic (exact) mass is 230 g/mol. The predicted molar refractivity (Wildman–Crippen MR) is 68.2 cm³/mol. The van der Waals surface area contributed by atoms with Crippen molar-refractivity contribution in [1.29, 1.82) is 0 Å². The van der Waals surface area contributed by atoms with E-state index in [0.29, 0.717) is 0 Å². The molecule has 0 aliphatic carbocycles. The first-order valence-electron chi connectivity index (χ1n) is 5.88. The first-order chi connectivity index (χ1) is 8.22. The van der Waals surface area contributed by atoms with Crippen LogP contribution in [0.3, 0.4) is 0 Å². The van der Waals surface area contributed by atoms with E-state index < -0.39 is 0 Å². The molecule has 1 N–H and O–H groups in total. The molecule has 0 saturated heterocycles. The highest BCUT2D eigenvalue weighted by Gasteiger charge is 2.05. The van der Waals surface area contributed by atoms with Gasteiger partial charge in [-0.3, -0.25) is 4.98 Å². The van der Waals surface area contributed by atoms with Crippen molar-refractivity contribution in [3.05, 3.63) is 41.7 Å². The van der Waals surface area contributed by atoms with Gasteiger partial charge in [0, 0.05) is 18.4 Å². The number of imidazole rings is 1. The second-order valence-corrected chi connectivity index (χ2v) is 4.12. The van der Waals surface area contributed by atoms with E-state index in [2.05, 4.69) is 39.8 Å². The number of aryl methyl sites for hydroxylation is 1. The smallest absolute Gasteiger partial charge is 0.0997 e. The Balaban J connectivity index is 2.30. The lowest BCUT2D eigenvalue weighted by atomic mass is 10.2. The Kier molecular flexibility index (Phi) is 3.54. The third-order valence-electron chi connectivity index (χ3n) is 2.89. The first-order valence-corrected chi connectivity index (χ1v) is 5.88. The molecule has 0 fully saturated rings. The minimum Gasteiger partial charge on any atom is -0.313 e. The summed E-state index contributed by atoms with van der Waals surface area (Å²) in [6, 6.07) is 2.14. The number of nitrogens with zero attached hydrogens (tertiary/aromatic N) is 3. The standard InChI is InChI=1S/C13H18N4/c1-4-14-6-12-5-13(8-15-7-12)17-9-16-10(2)11(17)3/h5,7-9,14H,4,6H2,1-3H3. The molecule has 90 valence electrons. The molecule has 0 aliphatic rings. The van der Waals surface area contributed by atoms with E-state index in [0.717, 1.165) is 30.2 Å². The SMILES string of the molecule is CCNCc1cncc(-n2cnc(C)c2C)c1. The van der Waals surface area contributed by atoms with E-state index in [9.17, 15) is 0 Å². The molecule has 0 amide bonds. The maximum Gasteiger partial charge on any atom is 0.0997 e. The Bertz CT molecular complexity index is 502. The summed E-state index contributed by atoms with van der Waals surface area (Å²) in [7, 11) is 0. The maximum absolute atomic E-state index is 4.30. The average Bonchev–Trinajstić information content (AvgIpc) is 2.68. The molecule has 0 radical (unpaired) electrons. The highest BCUT2D eigenvalue weighted by molar-refractivity contribution is 5.35. The second kappa shape index (κ2) is 5.10.